The number of hydrogen-bond donors (Lipinski definition) is 1. The first kappa shape index (κ1) is 11.0. The SMILES string of the molecule is Cc1cccc(N2C(=O)OCC2(C)CO)c1. The minimum absolute atomic E-state index is 0.118. The van der Waals surface area contributed by atoms with Gasteiger partial charge in [0.1, 0.15) is 12.1 Å². The molecule has 86 valence electrons. The molecule has 0 radical (unpaired) electrons. The Labute approximate surface area is 94.4 Å². The first-order chi connectivity index (χ1) is 7.57. The molecule has 1 heterocycles. The number of aliphatic hydroxyl groups excluding tert-OH is 1. The van der Waals surface area contributed by atoms with E-state index in [1.54, 1.807) is 6.92 Å². The Bertz CT molecular complexity index is 418. The Hall–Kier alpha value is -1.55. The Morgan fingerprint density at radius 3 is 2.94 bits per heavy atom. The fourth-order valence-corrected chi connectivity index (χ4v) is 1.87. The van der Waals surface area contributed by atoms with E-state index in [1.165, 1.54) is 4.90 Å². The molecule has 4 nitrogen and oxygen atoms in total. The van der Waals surface area contributed by atoms with E-state index in [2.05, 4.69) is 0 Å². The van der Waals surface area contributed by atoms with Gasteiger partial charge in [0, 0.05) is 5.69 Å². The van der Waals surface area contributed by atoms with E-state index in [4.69, 9.17) is 4.74 Å². The molecule has 2 rings (SSSR count). The highest BCUT2D eigenvalue weighted by Crippen LogP contribution is 2.30. The number of aryl methyl sites for hydroxylation is 1. The fraction of sp³-hybridized carbons (Fsp3) is 0.417. The lowest BCUT2D eigenvalue weighted by molar-refractivity contribution is 0.155. The molecule has 1 aromatic carbocycles. The van der Waals surface area contributed by atoms with E-state index in [9.17, 15) is 9.90 Å². The van der Waals surface area contributed by atoms with Crippen molar-refractivity contribution in [1.82, 2.24) is 0 Å². The third kappa shape index (κ3) is 1.65. The van der Waals surface area contributed by atoms with Gasteiger partial charge in [-0.1, -0.05) is 12.1 Å². The second-order valence-electron chi connectivity index (χ2n) is 4.38. The van der Waals surface area contributed by atoms with Gasteiger partial charge in [-0.25, -0.2) is 4.79 Å². The standard InChI is InChI=1S/C12H15NO3/c1-9-4-3-5-10(6-9)13-11(15)16-8-12(13,2)7-14/h3-6,14H,7-8H2,1-2H3. The molecular weight excluding hydrogens is 206 g/mol. The second-order valence-corrected chi connectivity index (χ2v) is 4.38. The molecule has 0 aromatic heterocycles. The van der Waals surface area contributed by atoms with Crippen LogP contribution in [0.4, 0.5) is 10.5 Å². The van der Waals surface area contributed by atoms with Crippen molar-refractivity contribution in [3.8, 4) is 0 Å². The van der Waals surface area contributed by atoms with Gasteiger partial charge in [0.05, 0.1) is 6.61 Å². The monoisotopic (exact) mass is 221 g/mol. The van der Waals surface area contributed by atoms with E-state index in [0.29, 0.717) is 0 Å². The van der Waals surface area contributed by atoms with Crippen LogP contribution in [-0.2, 0) is 4.74 Å². The number of amides is 1. The third-order valence-corrected chi connectivity index (χ3v) is 2.83. The number of benzene rings is 1. The molecule has 4 heteroatoms. The third-order valence-electron chi connectivity index (χ3n) is 2.83. The van der Waals surface area contributed by atoms with Crippen molar-refractivity contribution in [3.63, 3.8) is 0 Å². The summed E-state index contributed by atoms with van der Waals surface area (Å²) < 4.78 is 4.99. The average molecular weight is 221 g/mol. The summed E-state index contributed by atoms with van der Waals surface area (Å²) in [6.07, 6.45) is -0.401. The Morgan fingerprint density at radius 2 is 2.31 bits per heavy atom. The summed E-state index contributed by atoms with van der Waals surface area (Å²) in [6.45, 7) is 3.87. The van der Waals surface area contributed by atoms with Crippen LogP contribution in [-0.4, -0.2) is 30.0 Å². The van der Waals surface area contributed by atoms with Crippen molar-refractivity contribution in [2.75, 3.05) is 18.1 Å². The normalized spacial score (nSPS) is 24.7. The molecule has 1 atom stereocenters. The predicted molar refractivity (Wildman–Crippen MR) is 60.5 cm³/mol. The molecule has 1 aromatic rings. The first-order valence-corrected chi connectivity index (χ1v) is 5.21. The molecule has 1 N–H and O–H groups in total. The number of hydrogen-bond acceptors (Lipinski definition) is 3. The van der Waals surface area contributed by atoms with Gasteiger partial charge < -0.3 is 9.84 Å². The zero-order chi connectivity index (χ0) is 11.8. The molecule has 0 aliphatic carbocycles. The van der Waals surface area contributed by atoms with Crippen molar-refractivity contribution in [1.29, 1.82) is 0 Å². The van der Waals surface area contributed by atoms with Crippen LogP contribution in [0.25, 0.3) is 0 Å². The van der Waals surface area contributed by atoms with Gasteiger partial charge in [-0.15, -0.1) is 0 Å². The van der Waals surface area contributed by atoms with Crippen LogP contribution in [0.5, 0.6) is 0 Å². The van der Waals surface area contributed by atoms with Crippen LogP contribution in [0.3, 0.4) is 0 Å². The van der Waals surface area contributed by atoms with Gasteiger partial charge in [-0.05, 0) is 31.5 Å². The highest BCUT2D eigenvalue weighted by Gasteiger charge is 2.44. The maximum absolute atomic E-state index is 11.7. The lowest BCUT2D eigenvalue weighted by Gasteiger charge is -2.29. The van der Waals surface area contributed by atoms with Crippen molar-refractivity contribution in [2.24, 2.45) is 0 Å². The van der Waals surface area contributed by atoms with E-state index in [1.807, 2.05) is 31.2 Å². The zero-order valence-electron chi connectivity index (χ0n) is 9.43. The molecular formula is C12H15NO3. The molecule has 1 aliphatic heterocycles. The number of ether oxygens (including phenoxy) is 1. The van der Waals surface area contributed by atoms with Crippen LogP contribution in [0.2, 0.25) is 0 Å². The predicted octanol–water partition coefficient (Wildman–Crippen LogP) is 1.70. The minimum atomic E-state index is -0.662. The number of carbonyl (C=O) groups excluding carboxylic acids is 1. The van der Waals surface area contributed by atoms with Crippen LogP contribution in [0, 0.1) is 6.92 Å². The van der Waals surface area contributed by atoms with E-state index in [-0.39, 0.29) is 13.2 Å². The molecule has 1 fully saturated rings. The highest BCUT2D eigenvalue weighted by molar-refractivity contribution is 5.91. The maximum atomic E-state index is 11.7. The average Bonchev–Trinajstić information content (AvgIpc) is 2.56. The molecule has 1 unspecified atom stereocenters. The highest BCUT2D eigenvalue weighted by atomic mass is 16.6. The molecule has 0 bridgehead atoms. The number of cyclic esters (lactones) is 1. The summed E-state index contributed by atoms with van der Waals surface area (Å²) in [5.74, 6) is 0. The van der Waals surface area contributed by atoms with Gasteiger partial charge in [0.2, 0.25) is 0 Å². The molecule has 0 saturated carbocycles. The fourth-order valence-electron chi connectivity index (χ4n) is 1.87. The van der Waals surface area contributed by atoms with Crippen molar-refractivity contribution < 1.29 is 14.6 Å². The van der Waals surface area contributed by atoms with Gasteiger partial charge in [0.25, 0.3) is 0 Å². The number of rotatable bonds is 2. The van der Waals surface area contributed by atoms with E-state index < -0.39 is 11.6 Å². The first-order valence-electron chi connectivity index (χ1n) is 5.21. The van der Waals surface area contributed by atoms with Crippen molar-refractivity contribution in [3.05, 3.63) is 29.8 Å². The zero-order valence-corrected chi connectivity index (χ0v) is 9.43. The second kappa shape index (κ2) is 3.79. The number of anilines is 1. The molecule has 1 saturated heterocycles. The summed E-state index contributed by atoms with van der Waals surface area (Å²) in [7, 11) is 0. The Kier molecular flexibility index (Phi) is 2.59. The Morgan fingerprint density at radius 1 is 1.56 bits per heavy atom. The largest absolute Gasteiger partial charge is 0.447 e. The van der Waals surface area contributed by atoms with Crippen LogP contribution >= 0.6 is 0 Å². The maximum Gasteiger partial charge on any atom is 0.415 e. The molecule has 16 heavy (non-hydrogen) atoms. The number of aliphatic hydroxyl groups is 1. The summed E-state index contributed by atoms with van der Waals surface area (Å²) in [4.78, 5) is 13.2. The van der Waals surface area contributed by atoms with Gasteiger partial charge in [0.15, 0.2) is 0 Å². The quantitative estimate of drug-likeness (QED) is 0.827. The van der Waals surface area contributed by atoms with Crippen LogP contribution in [0.15, 0.2) is 24.3 Å². The van der Waals surface area contributed by atoms with Crippen molar-refractivity contribution >= 4 is 11.8 Å². The molecule has 1 aliphatic rings. The summed E-state index contributed by atoms with van der Waals surface area (Å²) >= 11 is 0. The van der Waals surface area contributed by atoms with Crippen molar-refractivity contribution in [2.45, 2.75) is 19.4 Å². The molecule has 1 amide bonds. The van der Waals surface area contributed by atoms with E-state index >= 15 is 0 Å². The lowest BCUT2D eigenvalue weighted by atomic mass is 10.0. The number of nitrogens with zero attached hydrogens (tertiary/aromatic N) is 1. The van der Waals surface area contributed by atoms with E-state index in [0.717, 1.165) is 11.3 Å². The van der Waals surface area contributed by atoms with Gasteiger partial charge >= 0.3 is 6.09 Å². The Balaban J connectivity index is 2.41. The summed E-state index contributed by atoms with van der Waals surface area (Å²) in [6, 6.07) is 7.59. The minimum Gasteiger partial charge on any atom is -0.447 e. The smallest absolute Gasteiger partial charge is 0.415 e. The van der Waals surface area contributed by atoms with Crippen LogP contribution < -0.4 is 4.90 Å². The molecule has 0 spiro atoms. The van der Waals surface area contributed by atoms with Gasteiger partial charge in [-0.2, -0.15) is 0 Å². The summed E-state index contributed by atoms with van der Waals surface area (Å²) in [5, 5.41) is 9.37. The topological polar surface area (TPSA) is 49.8 Å². The lowest BCUT2D eigenvalue weighted by Crippen LogP contribution is -2.47. The summed E-state index contributed by atoms with van der Waals surface area (Å²) in [5.41, 5.74) is 1.17. The van der Waals surface area contributed by atoms with Gasteiger partial charge in [-0.3, -0.25) is 4.90 Å². The van der Waals surface area contributed by atoms with Crippen LogP contribution in [0.1, 0.15) is 12.5 Å². The number of carbonyl (C=O) groups is 1.